The second-order valence-corrected chi connectivity index (χ2v) is 9.24. The maximum atomic E-state index is 12.6. The summed E-state index contributed by atoms with van der Waals surface area (Å²) in [4.78, 5) is 2.35. The number of thiophene rings is 1. The van der Waals surface area contributed by atoms with E-state index in [0.717, 1.165) is 29.0 Å². The molecule has 1 saturated carbocycles. The third-order valence-corrected chi connectivity index (χ3v) is 6.90. The number of hydrogen-bond donors (Lipinski definition) is 2. The fourth-order valence-electron chi connectivity index (χ4n) is 2.85. The maximum Gasteiger partial charge on any atom is 0.241 e. The zero-order valence-electron chi connectivity index (χ0n) is 12.6. The summed E-state index contributed by atoms with van der Waals surface area (Å²) in [7, 11) is -1.55. The molecule has 1 aromatic rings. The fraction of sp³-hybridized carbons (Fsp3) is 0.714. The Bertz CT molecular complexity index is 576. The molecule has 0 radical (unpaired) electrons. The molecule has 1 fully saturated rings. The van der Waals surface area contributed by atoms with Crippen LogP contribution in [-0.4, -0.2) is 21.5 Å². The van der Waals surface area contributed by atoms with Crippen LogP contribution in [0.15, 0.2) is 11.0 Å². The number of nitrogens with one attached hydrogen (secondary N) is 2. The van der Waals surface area contributed by atoms with Crippen LogP contribution in [0, 0.1) is 12.3 Å². The molecule has 4 nitrogen and oxygen atoms in total. The van der Waals surface area contributed by atoms with E-state index in [1.54, 1.807) is 17.4 Å². The number of hydrogen-bond acceptors (Lipinski definition) is 4. The summed E-state index contributed by atoms with van der Waals surface area (Å²) < 4.78 is 28.1. The van der Waals surface area contributed by atoms with Crippen LogP contribution in [0.5, 0.6) is 0 Å². The molecule has 0 spiro atoms. The van der Waals surface area contributed by atoms with E-state index in [2.05, 4.69) is 23.9 Å². The van der Waals surface area contributed by atoms with Crippen LogP contribution < -0.4 is 10.0 Å². The lowest BCUT2D eigenvalue weighted by Crippen LogP contribution is -2.41. The minimum Gasteiger partial charge on any atom is -0.315 e. The largest absolute Gasteiger partial charge is 0.315 e. The smallest absolute Gasteiger partial charge is 0.241 e. The van der Waals surface area contributed by atoms with Crippen molar-refractivity contribution in [3.63, 3.8) is 0 Å². The molecule has 114 valence electrons. The van der Waals surface area contributed by atoms with Crippen molar-refractivity contribution in [2.75, 3.05) is 7.05 Å². The lowest BCUT2D eigenvalue weighted by molar-refractivity contribution is 0.313. The molecule has 1 aliphatic rings. The Balaban J connectivity index is 2.22. The summed E-state index contributed by atoms with van der Waals surface area (Å²) >= 11 is 1.54. The Morgan fingerprint density at radius 2 is 2.15 bits per heavy atom. The van der Waals surface area contributed by atoms with Crippen LogP contribution in [0.1, 0.15) is 42.9 Å². The first-order valence-electron chi connectivity index (χ1n) is 7.02. The van der Waals surface area contributed by atoms with Gasteiger partial charge in [-0.3, -0.25) is 0 Å². The Kier molecular flexibility index (Phi) is 4.59. The maximum absolute atomic E-state index is 12.6. The van der Waals surface area contributed by atoms with Gasteiger partial charge in [0.1, 0.15) is 0 Å². The summed E-state index contributed by atoms with van der Waals surface area (Å²) in [5, 5.41) is 3.06. The highest BCUT2D eigenvalue weighted by molar-refractivity contribution is 7.89. The standard InChI is InChI=1S/C14H24N2O2S2/c1-10-12(8-11(19-10)9-15-4)20(17,18)16-13-6-5-7-14(13,2)3/h8,13,15-16H,5-7,9H2,1-4H3. The molecular weight excluding hydrogens is 292 g/mol. The van der Waals surface area contributed by atoms with E-state index in [0.29, 0.717) is 11.4 Å². The molecule has 1 unspecified atom stereocenters. The summed E-state index contributed by atoms with van der Waals surface area (Å²) in [6.45, 7) is 6.86. The van der Waals surface area contributed by atoms with Crippen LogP contribution in [0.4, 0.5) is 0 Å². The Labute approximate surface area is 126 Å². The first kappa shape index (κ1) is 15.9. The van der Waals surface area contributed by atoms with Gasteiger partial charge in [0.15, 0.2) is 0 Å². The second kappa shape index (κ2) is 5.75. The van der Waals surface area contributed by atoms with E-state index in [9.17, 15) is 8.42 Å². The molecule has 0 aliphatic heterocycles. The minimum absolute atomic E-state index is 0.0413. The topological polar surface area (TPSA) is 58.2 Å². The van der Waals surface area contributed by atoms with Crippen LogP contribution in [0.25, 0.3) is 0 Å². The quantitative estimate of drug-likeness (QED) is 0.878. The SMILES string of the molecule is CNCc1cc(S(=O)(=O)NC2CCCC2(C)C)c(C)s1. The predicted molar refractivity (Wildman–Crippen MR) is 83.6 cm³/mol. The molecule has 0 saturated heterocycles. The van der Waals surface area contributed by atoms with E-state index < -0.39 is 10.0 Å². The van der Waals surface area contributed by atoms with Gasteiger partial charge in [0, 0.05) is 22.3 Å². The van der Waals surface area contributed by atoms with Crippen molar-refractivity contribution in [1.29, 1.82) is 0 Å². The molecule has 0 amide bonds. The van der Waals surface area contributed by atoms with Gasteiger partial charge in [-0.15, -0.1) is 11.3 Å². The van der Waals surface area contributed by atoms with E-state index in [-0.39, 0.29) is 11.5 Å². The van der Waals surface area contributed by atoms with Crippen molar-refractivity contribution in [1.82, 2.24) is 10.0 Å². The first-order chi connectivity index (χ1) is 9.26. The van der Waals surface area contributed by atoms with Crippen molar-refractivity contribution < 1.29 is 8.42 Å². The van der Waals surface area contributed by atoms with Crippen LogP contribution in [0.2, 0.25) is 0 Å². The summed E-state index contributed by atoms with van der Waals surface area (Å²) in [5.74, 6) is 0. The zero-order valence-corrected chi connectivity index (χ0v) is 14.2. The highest BCUT2D eigenvalue weighted by atomic mass is 32.2. The van der Waals surface area contributed by atoms with Gasteiger partial charge in [0.05, 0.1) is 4.90 Å². The van der Waals surface area contributed by atoms with Crippen molar-refractivity contribution in [2.24, 2.45) is 5.41 Å². The minimum atomic E-state index is -3.41. The van der Waals surface area contributed by atoms with Crippen molar-refractivity contribution in [3.05, 3.63) is 15.8 Å². The lowest BCUT2D eigenvalue weighted by Gasteiger charge is -2.27. The highest BCUT2D eigenvalue weighted by Gasteiger charge is 2.37. The average molecular weight is 316 g/mol. The van der Waals surface area contributed by atoms with Gasteiger partial charge in [0.25, 0.3) is 0 Å². The van der Waals surface area contributed by atoms with Gasteiger partial charge in [-0.1, -0.05) is 20.3 Å². The Morgan fingerprint density at radius 3 is 2.70 bits per heavy atom. The molecule has 1 heterocycles. The molecule has 1 aliphatic carbocycles. The van der Waals surface area contributed by atoms with Crippen LogP contribution in [0.3, 0.4) is 0 Å². The van der Waals surface area contributed by atoms with Crippen molar-refractivity contribution >= 4 is 21.4 Å². The molecule has 0 aromatic carbocycles. The normalized spacial score (nSPS) is 22.3. The predicted octanol–water partition coefficient (Wildman–Crippen LogP) is 2.63. The molecule has 20 heavy (non-hydrogen) atoms. The number of sulfonamides is 1. The molecule has 1 atom stereocenters. The molecular formula is C14H24N2O2S2. The zero-order chi connectivity index (χ0) is 15.0. The van der Waals surface area contributed by atoms with E-state index in [1.807, 2.05) is 14.0 Å². The second-order valence-electron chi connectivity index (χ2n) is 6.22. The Morgan fingerprint density at radius 1 is 1.45 bits per heavy atom. The number of rotatable bonds is 5. The van der Waals surface area contributed by atoms with Crippen LogP contribution >= 0.6 is 11.3 Å². The number of aryl methyl sites for hydroxylation is 1. The third kappa shape index (κ3) is 3.24. The van der Waals surface area contributed by atoms with Gasteiger partial charge in [0.2, 0.25) is 10.0 Å². The average Bonchev–Trinajstić information content (AvgIpc) is 2.84. The molecule has 2 N–H and O–H groups in total. The Hall–Kier alpha value is -0.430. The first-order valence-corrected chi connectivity index (χ1v) is 9.32. The van der Waals surface area contributed by atoms with E-state index >= 15 is 0 Å². The van der Waals surface area contributed by atoms with Gasteiger partial charge < -0.3 is 5.32 Å². The van der Waals surface area contributed by atoms with Gasteiger partial charge in [-0.25, -0.2) is 13.1 Å². The van der Waals surface area contributed by atoms with E-state index in [4.69, 9.17) is 0 Å². The van der Waals surface area contributed by atoms with Gasteiger partial charge in [-0.05, 0) is 38.3 Å². The third-order valence-electron chi connectivity index (χ3n) is 4.12. The summed E-state index contributed by atoms with van der Waals surface area (Å²) in [6.07, 6.45) is 3.10. The molecule has 0 bridgehead atoms. The lowest BCUT2D eigenvalue weighted by atomic mass is 9.88. The highest BCUT2D eigenvalue weighted by Crippen LogP contribution is 2.38. The van der Waals surface area contributed by atoms with E-state index in [1.165, 1.54) is 0 Å². The summed E-state index contributed by atoms with van der Waals surface area (Å²) in [5.41, 5.74) is 0.0464. The van der Waals surface area contributed by atoms with Gasteiger partial charge >= 0.3 is 0 Å². The molecule has 6 heteroatoms. The van der Waals surface area contributed by atoms with Crippen molar-refractivity contribution in [3.8, 4) is 0 Å². The summed E-state index contributed by atoms with van der Waals surface area (Å²) in [6, 6.07) is 1.83. The van der Waals surface area contributed by atoms with Crippen LogP contribution in [-0.2, 0) is 16.6 Å². The monoisotopic (exact) mass is 316 g/mol. The molecule has 1 aromatic heterocycles. The molecule has 2 rings (SSSR count). The van der Waals surface area contributed by atoms with Crippen molar-refractivity contribution in [2.45, 2.75) is 57.5 Å². The van der Waals surface area contributed by atoms with Gasteiger partial charge in [-0.2, -0.15) is 0 Å². The fourth-order valence-corrected chi connectivity index (χ4v) is 5.94.